The number of hydrogen-bond acceptors (Lipinski definition) is 5. The molecule has 0 bridgehead atoms. The molecule has 0 amide bonds. The number of carbonyl (C=O) groups is 1. The fourth-order valence-electron chi connectivity index (χ4n) is 1.08. The van der Waals surface area contributed by atoms with Crippen LogP contribution in [-0.4, -0.2) is 36.4 Å². The summed E-state index contributed by atoms with van der Waals surface area (Å²) in [6, 6.07) is 1.70. The number of halogens is 3. The Morgan fingerprint density at radius 2 is 1.84 bits per heavy atom. The summed E-state index contributed by atoms with van der Waals surface area (Å²) in [5.74, 6) is -1.72. The first-order valence-electron chi connectivity index (χ1n) is 4.62. The zero-order valence-electron chi connectivity index (χ0n) is 9.06. The van der Waals surface area contributed by atoms with Crippen LogP contribution in [0.1, 0.15) is 10.4 Å². The van der Waals surface area contributed by atoms with Gasteiger partial charge in [0, 0.05) is 7.14 Å². The van der Waals surface area contributed by atoms with Crippen LogP contribution in [-0.2, 0) is 14.9 Å². The first-order chi connectivity index (χ1) is 8.63. The number of carbonyl (C=O) groups excluding carboxylic acids is 1. The van der Waals surface area contributed by atoms with Crippen LogP contribution in [0.4, 0.5) is 0 Å². The van der Waals surface area contributed by atoms with Gasteiger partial charge in [0.25, 0.3) is 10.1 Å². The first kappa shape index (κ1) is 17.6. The first-order valence-corrected chi connectivity index (χ1v) is 9.46. The van der Waals surface area contributed by atoms with Crippen molar-refractivity contribution in [1.29, 1.82) is 0 Å². The van der Waals surface area contributed by atoms with Gasteiger partial charge in [0.15, 0.2) is 0 Å². The molecule has 0 spiro atoms. The predicted octanol–water partition coefficient (Wildman–Crippen LogP) is 2.25. The van der Waals surface area contributed by atoms with Crippen LogP contribution >= 0.6 is 67.8 Å². The zero-order valence-corrected chi connectivity index (χ0v) is 16.4. The van der Waals surface area contributed by atoms with Gasteiger partial charge in [0.2, 0.25) is 0 Å². The standard InChI is InChI=1S/C9H7I3O6S/c10-4-3-5(11)8(13)6(7(4)12)9(14)18-1-2-19(15,16)17/h3,13H,1-2H2,(H,15,16,17). The lowest BCUT2D eigenvalue weighted by molar-refractivity contribution is 0.0523. The lowest BCUT2D eigenvalue weighted by atomic mass is 10.2. The highest BCUT2D eigenvalue weighted by atomic mass is 127. The molecule has 10 heteroatoms. The summed E-state index contributed by atoms with van der Waals surface area (Å²) in [5.41, 5.74) is -0.00719. The molecule has 0 aromatic heterocycles. The van der Waals surface area contributed by atoms with E-state index >= 15 is 0 Å². The molecule has 106 valence electrons. The molecule has 0 unspecified atom stereocenters. The molecule has 19 heavy (non-hydrogen) atoms. The number of rotatable bonds is 4. The molecule has 0 aliphatic heterocycles. The molecule has 0 aliphatic carbocycles. The van der Waals surface area contributed by atoms with E-state index in [0.717, 1.165) is 3.57 Å². The van der Waals surface area contributed by atoms with Gasteiger partial charge in [-0.1, -0.05) is 0 Å². The van der Waals surface area contributed by atoms with E-state index in [1.165, 1.54) is 0 Å². The molecule has 0 radical (unpaired) electrons. The van der Waals surface area contributed by atoms with E-state index in [1.54, 1.807) is 6.07 Å². The highest BCUT2D eigenvalue weighted by Gasteiger charge is 2.22. The van der Waals surface area contributed by atoms with E-state index in [9.17, 15) is 18.3 Å². The summed E-state index contributed by atoms with van der Waals surface area (Å²) in [6.07, 6.45) is 0. The number of benzene rings is 1. The maximum atomic E-state index is 11.8. The SMILES string of the molecule is O=C(OCCS(=O)(=O)O)c1c(O)c(I)cc(I)c1I. The van der Waals surface area contributed by atoms with Gasteiger partial charge in [-0.25, -0.2) is 4.79 Å². The van der Waals surface area contributed by atoms with Crippen LogP contribution in [0.25, 0.3) is 0 Å². The Labute approximate surface area is 150 Å². The molecule has 1 aromatic carbocycles. The van der Waals surface area contributed by atoms with E-state index in [2.05, 4.69) is 0 Å². The second kappa shape index (κ2) is 7.04. The molecular weight excluding hydrogens is 617 g/mol. The molecule has 0 atom stereocenters. The van der Waals surface area contributed by atoms with Crippen molar-refractivity contribution < 1.29 is 27.6 Å². The van der Waals surface area contributed by atoms with Gasteiger partial charge >= 0.3 is 5.97 Å². The normalized spacial score (nSPS) is 11.4. The van der Waals surface area contributed by atoms with Crippen molar-refractivity contribution in [3.8, 4) is 5.75 Å². The summed E-state index contributed by atoms with van der Waals surface area (Å²) >= 11 is 5.77. The van der Waals surface area contributed by atoms with Crippen molar-refractivity contribution in [1.82, 2.24) is 0 Å². The average molecular weight is 624 g/mol. The quantitative estimate of drug-likeness (QED) is 0.231. The maximum Gasteiger partial charge on any atom is 0.343 e. The molecular formula is C9H7I3O6S. The van der Waals surface area contributed by atoms with E-state index in [4.69, 9.17) is 9.29 Å². The Hall–Kier alpha value is 0.590. The monoisotopic (exact) mass is 624 g/mol. The van der Waals surface area contributed by atoms with Gasteiger partial charge in [0.1, 0.15) is 23.7 Å². The summed E-state index contributed by atoms with van der Waals surface area (Å²) in [5, 5.41) is 9.85. The fourth-order valence-corrected chi connectivity index (χ4v) is 3.77. The third-order valence-electron chi connectivity index (χ3n) is 1.92. The van der Waals surface area contributed by atoms with Crippen molar-refractivity contribution >= 4 is 83.9 Å². The number of aromatic hydroxyl groups is 1. The number of hydrogen-bond donors (Lipinski definition) is 2. The van der Waals surface area contributed by atoms with Crippen molar-refractivity contribution in [3.63, 3.8) is 0 Å². The zero-order chi connectivity index (χ0) is 14.8. The Bertz CT molecular complexity index is 587. The molecule has 1 rings (SSSR count). The second-order valence-electron chi connectivity index (χ2n) is 3.30. The summed E-state index contributed by atoms with van der Waals surface area (Å²) in [7, 11) is -4.18. The molecule has 1 aromatic rings. The summed E-state index contributed by atoms with van der Waals surface area (Å²) in [4.78, 5) is 11.8. The van der Waals surface area contributed by atoms with Crippen molar-refractivity contribution in [2.45, 2.75) is 0 Å². The van der Waals surface area contributed by atoms with Gasteiger partial charge in [-0.2, -0.15) is 8.42 Å². The fraction of sp³-hybridized carbons (Fsp3) is 0.222. The molecule has 0 saturated heterocycles. The second-order valence-corrected chi connectivity index (χ2v) is 8.27. The smallest absolute Gasteiger partial charge is 0.343 e. The topological polar surface area (TPSA) is 101 Å². The number of phenols is 1. The van der Waals surface area contributed by atoms with Crippen LogP contribution < -0.4 is 0 Å². The third kappa shape index (κ3) is 5.13. The van der Waals surface area contributed by atoms with E-state index in [1.807, 2.05) is 67.8 Å². The largest absolute Gasteiger partial charge is 0.506 e. The van der Waals surface area contributed by atoms with E-state index in [0.29, 0.717) is 7.14 Å². The molecule has 0 fully saturated rings. The van der Waals surface area contributed by atoms with Crippen LogP contribution in [0.2, 0.25) is 0 Å². The van der Waals surface area contributed by atoms with Gasteiger partial charge < -0.3 is 9.84 Å². The Balaban J connectivity index is 2.95. The number of esters is 1. The van der Waals surface area contributed by atoms with Crippen LogP contribution in [0.15, 0.2) is 6.07 Å². The maximum absolute atomic E-state index is 11.8. The van der Waals surface area contributed by atoms with Crippen molar-refractivity contribution in [3.05, 3.63) is 22.3 Å². The van der Waals surface area contributed by atoms with Gasteiger partial charge in [-0.05, 0) is 73.8 Å². The summed E-state index contributed by atoms with van der Waals surface area (Å²) < 4.78 is 36.0. The van der Waals surface area contributed by atoms with Crippen LogP contribution in [0.5, 0.6) is 5.75 Å². The van der Waals surface area contributed by atoms with Crippen molar-refractivity contribution in [2.24, 2.45) is 0 Å². The summed E-state index contributed by atoms with van der Waals surface area (Å²) in [6.45, 7) is -0.477. The molecule has 6 nitrogen and oxygen atoms in total. The van der Waals surface area contributed by atoms with Crippen LogP contribution in [0.3, 0.4) is 0 Å². The lowest BCUT2D eigenvalue weighted by Gasteiger charge is -2.10. The Kier molecular flexibility index (Phi) is 6.53. The van der Waals surface area contributed by atoms with E-state index < -0.39 is 28.4 Å². The average Bonchev–Trinajstić information content (AvgIpc) is 2.25. The minimum atomic E-state index is -4.18. The van der Waals surface area contributed by atoms with Crippen molar-refractivity contribution in [2.75, 3.05) is 12.4 Å². The number of ether oxygens (including phenoxy) is 1. The van der Waals surface area contributed by atoms with Crippen LogP contribution in [0, 0.1) is 10.7 Å². The minimum Gasteiger partial charge on any atom is -0.506 e. The molecule has 2 N–H and O–H groups in total. The number of phenolic OH excluding ortho intramolecular Hbond substituents is 1. The van der Waals surface area contributed by atoms with Gasteiger partial charge in [-0.3, -0.25) is 4.55 Å². The highest BCUT2D eigenvalue weighted by molar-refractivity contribution is 14.1. The molecule has 0 heterocycles. The lowest BCUT2D eigenvalue weighted by Crippen LogP contribution is -2.16. The Morgan fingerprint density at radius 1 is 1.26 bits per heavy atom. The van der Waals surface area contributed by atoms with Gasteiger partial charge in [0.05, 0.1) is 3.57 Å². The molecule has 0 saturated carbocycles. The van der Waals surface area contributed by atoms with E-state index in [-0.39, 0.29) is 11.3 Å². The third-order valence-corrected chi connectivity index (χ3v) is 6.43. The molecule has 0 aliphatic rings. The minimum absolute atomic E-state index is 0.00719. The van der Waals surface area contributed by atoms with Gasteiger partial charge in [-0.15, -0.1) is 0 Å². The highest BCUT2D eigenvalue weighted by Crippen LogP contribution is 2.32. The predicted molar refractivity (Wildman–Crippen MR) is 93.0 cm³/mol. The Morgan fingerprint density at radius 3 is 2.37 bits per heavy atom.